The second kappa shape index (κ2) is 7.96. The van der Waals surface area contributed by atoms with E-state index in [0.29, 0.717) is 0 Å². The highest BCUT2D eigenvalue weighted by atomic mass is 32.2. The molecular formula is C14H22N2O2S. The lowest BCUT2D eigenvalue weighted by Crippen LogP contribution is -2.35. The summed E-state index contributed by atoms with van der Waals surface area (Å²) in [5.74, 6) is 0. The molecule has 0 fully saturated rings. The lowest BCUT2D eigenvalue weighted by atomic mass is 10.1. The third-order valence-corrected chi connectivity index (χ3v) is 3.08. The minimum Gasteiger partial charge on any atom is -0.308 e. The number of hydrogen-bond acceptors (Lipinski definition) is 3. The molecule has 4 nitrogen and oxygen atoms in total. The van der Waals surface area contributed by atoms with Gasteiger partial charge in [-0.3, -0.25) is 0 Å². The number of sulfonamides is 1. The monoisotopic (exact) mass is 282 g/mol. The zero-order chi connectivity index (χ0) is 14.1. The largest absolute Gasteiger partial charge is 0.308 e. The van der Waals surface area contributed by atoms with E-state index >= 15 is 0 Å². The van der Waals surface area contributed by atoms with Crippen LogP contribution in [0.5, 0.6) is 0 Å². The van der Waals surface area contributed by atoms with E-state index in [1.54, 1.807) is 0 Å². The quantitative estimate of drug-likeness (QED) is 0.569. The Morgan fingerprint density at radius 2 is 1.89 bits per heavy atom. The highest BCUT2D eigenvalue weighted by Gasteiger charge is 2.04. The van der Waals surface area contributed by atoms with Gasteiger partial charge in [-0.05, 0) is 18.4 Å². The molecule has 0 amide bonds. The maximum Gasteiger partial charge on any atom is 0.225 e. The van der Waals surface area contributed by atoms with Gasteiger partial charge in [0.1, 0.15) is 0 Å². The molecule has 1 aromatic carbocycles. The van der Waals surface area contributed by atoms with Crippen LogP contribution in [0.4, 0.5) is 0 Å². The zero-order valence-corrected chi connectivity index (χ0v) is 12.3. The molecule has 0 saturated carbocycles. The summed E-state index contributed by atoms with van der Waals surface area (Å²) < 4.78 is 22.3. The molecule has 0 bridgehead atoms. The molecule has 1 rings (SSSR count). The summed E-state index contributed by atoms with van der Waals surface area (Å²) in [5.41, 5.74) is 4.54. The molecule has 0 radical (unpaired) electrons. The van der Waals surface area contributed by atoms with E-state index in [1.165, 1.54) is 12.8 Å². The van der Waals surface area contributed by atoms with E-state index in [9.17, 15) is 8.42 Å². The van der Waals surface area contributed by atoms with Gasteiger partial charge in [-0.15, -0.1) is 4.83 Å². The maximum absolute atomic E-state index is 11.1. The van der Waals surface area contributed by atoms with Crippen LogP contribution in [0.3, 0.4) is 0 Å². The molecule has 5 heteroatoms. The lowest BCUT2D eigenvalue weighted by molar-refractivity contribution is 0.582. The van der Waals surface area contributed by atoms with Crippen LogP contribution < -0.4 is 10.3 Å². The van der Waals surface area contributed by atoms with Crippen molar-refractivity contribution in [1.82, 2.24) is 10.3 Å². The summed E-state index contributed by atoms with van der Waals surface area (Å²) in [7, 11) is -3.26. The van der Waals surface area contributed by atoms with Crippen molar-refractivity contribution >= 4 is 15.7 Å². The van der Waals surface area contributed by atoms with Crippen molar-refractivity contribution in [2.75, 3.05) is 6.26 Å². The van der Waals surface area contributed by atoms with Gasteiger partial charge in [0.2, 0.25) is 10.0 Å². The Kier molecular flexibility index (Phi) is 6.59. The topological polar surface area (TPSA) is 58.2 Å². The first-order valence-corrected chi connectivity index (χ1v) is 8.40. The van der Waals surface area contributed by atoms with Crippen LogP contribution in [0.25, 0.3) is 5.70 Å². The Balaban J connectivity index is 2.73. The van der Waals surface area contributed by atoms with Crippen LogP contribution in [0, 0.1) is 0 Å². The molecular weight excluding hydrogens is 260 g/mol. The molecule has 0 saturated heterocycles. The van der Waals surface area contributed by atoms with E-state index in [0.717, 1.165) is 30.4 Å². The Morgan fingerprint density at radius 1 is 1.21 bits per heavy atom. The van der Waals surface area contributed by atoms with Gasteiger partial charge >= 0.3 is 0 Å². The smallest absolute Gasteiger partial charge is 0.225 e. The zero-order valence-electron chi connectivity index (χ0n) is 11.5. The number of benzene rings is 1. The minimum absolute atomic E-state index is 0.794. The fourth-order valence-corrected chi connectivity index (χ4v) is 1.94. The average molecular weight is 282 g/mol. The molecule has 0 unspecified atom stereocenters. The molecule has 0 aliphatic carbocycles. The van der Waals surface area contributed by atoms with Crippen LogP contribution in [-0.4, -0.2) is 14.7 Å². The van der Waals surface area contributed by atoms with Gasteiger partial charge in [0.15, 0.2) is 0 Å². The molecule has 2 N–H and O–H groups in total. The second-order valence-corrected chi connectivity index (χ2v) is 6.23. The number of unbranched alkanes of at least 4 members (excludes halogenated alkanes) is 3. The number of hydrazine groups is 1. The summed E-state index contributed by atoms with van der Waals surface area (Å²) in [6.45, 7) is 2.16. The predicted octanol–water partition coefficient (Wildman–Crippen LogP) is 2.66. The summed E-state index contributed by atoms with van der Waals surface area (Å²) in [4.78, 5) is 2.32. The Hall–Kier alpha value is -1.33. The summed E-state index contributed by atoms with van der Waals surface area (Å²) in [6, 6.07) is 9.68. The Labute approximate surface area is 115 Å². The number of allylic oxidation sites excluding steroid dienone is 1. The van der Waals surface area contributed by atoms with Gasteiger partial charge < -0.3 is 5.43 Å². The van der Waals surface area contributed by atoms with E-state index in [-0.39, 0.29) is 0 Å². The van der Waals surface area contributed by atoms with Gasteiger partial charge in [-0.25, -0.2) is 8.42 Å². The number of nitrogens with one attached hydrogen (secondary N) is 2. The van der Waals surface area contributed by atoms with Crippen molar-refractivity contribution in [2.45, 2.75) is 32.6 Å². The molecule has 0 spiro atoms. The highest BCUT2D eigenvalue weighted by Crippen LogP contribution is 2.12. The molecule has 0 aliphatic rings. The second-order valence-electron chi connectivity index (χ2n) is 4.48. The minimum atomic E-state index is -3.26. The van der Waals surface area contributed by atoms with Crippen LogP contribution >= 0.6 is 0 Å². The molecule has 1 aromatic rings. The van der Waals surface area contributed by atoms with E-state index in [1.807, 2.05) is 36.4 Å². The first-order chi connectivity index (χ1) is 9.03. The first kappa shape index (κ1) is 15.7. The Bertz CT molecular complexity index is 495. The fourth-order valence-electron chi connectivity index (χ4n) is 1.65. The SMILES string of the molecule is CCCCC/C=C(\NNS(C)(=O)=O)c1ccccc1. The summed E-state index contributed by atoms with van der Waals surface area (Å²) in [6.07, 6.45) is 7.54. The standard InChI is InChI=1S/C14H22N2O2S/c1-3-4-5-9-12-14(15-16-19(2,17)18)13-10-7-6-8-11-13/h6-8,10-12,15-16H,3-5,9H2,1-2H3/b14-12-. The van der Waals surface area contributed by atoms with Crippen LogP contribution in [0.1, 0.15) is 38.2 Å². The third kappa shape index (κ3) is 6.98. The van der Waals surface area contributed by atoms with Gasteiger partial charge in [-0.2, -0.15) is 0 Å². The number of hydrogen-bond donors (Lipinski definition) is 2. The van der Waals surface area contributed by atoms with E-state index < -0.39 is 10.0 Å². The van der Waals surface area contributed by atoms with Gasteiger partial charge in [-0.1, -0.05) is 56.2 Å². The van der Waals surface area contributed by atoms with Crippen LogP contribution in [0.15, 0.2) is 36.4 Å². The highest BCUT2D eigenvalue weighted by molar-refractivity contribution is 7.88. The molecule has 106 valence electrons. The maximum atomic E-state index is 11.1. The third-order valence-electron chi connectivity index (χ3n) is 2.61. The summed E-state index contributed by atoms with van der Waals surface area (Å²) >= 11 is 0. The summed E-state index contributed by atoms with van der Waals surface area (Å²) in [5, 5.41) is 0. The molecule has 0 atom stereocenters. The lowest BCUT2D eigenvalue weighted by Gasteiger charge is -2.11. The first-order valence-electron chi connectivity index (χ1n) is 6.51. The van der Waals surface area contributed by atoms with Gasteiger partial charge in [0.05, 0.1) is 12.0 Å². The van der Waals surface area contributed by atoms with Crippen molar-refractivity contribution in [3.05, 3.63) is 42.0 Å². The van der Waals surface area contributed by atoms with Crippen molar-refractivity contribution < 1.29 is 8.42 Å². The van der Waals surface area contributed by atoms with Crippen LogP contribution in [-0.2, 0) is 10.0 Å². The van der Waals surface area contributed by atoms with Crippen molar-refractivity contribution in [3.8, 4) is 0 Å². The molecule has 0 aromatic heterocycles. The molecule has 0 aliphatic heterocycles. The van der Waals surface area contributed by atoms with Crippen LogP contribution in [0.2, 0.25) is 0 Å². The van der Waals surface area contributed by atoms with Gasteiger partial charge in [0, 0.05) is 0 Å². The Morgan fingerprint density at radius 3 is 2.47 bits per heavy atom. The molecule has 19 heavy (non-hydrogen) atoms. The van der Waals surface area contributed by atoms with Crippen molar-refractivity contribution in [1.29, 1.82) is 0 Å². The average Bonchev–Trinajstić information content (AvgIpc) is 2.38. The van der Waals surface area contributed by atoms with Gasteiger partial charge in [0.25, 0.3) is 0 Å². The van der Waals surface area contributed by atoms with Crippen molar-refractivity contribution in [2.24, 2.45) is 0 Å². The molecule has 0 heterocycles. The van der Waals surface area contributed by atoms with E-state index in [2.05, 4.69) is 17.2 Å². The normalized spacial score (nSPS) is 12.4. The van der Waals surface area contributed by atoms with Crippen molar-refractivity contribution in [3.63, 3.8) is 0 Å². The fraction of sp³-hybridized carbons (Fsp3) is 0.429. The predicted molar refractivity (Wildman–Crippen MR) is 79.7 cm³/mol. The number of rotatable bonds is 8. The van der Waals surface area contributed by atoms with E-state index in [4.69, 9.17) is 0 Å².